The Morgan fingerprint density at radius 1 is 1.33 bits per heavy atom. The third kappa shape index (κ3) is 4.24. The van der Waals surface area contributed by atoms with Crippen LogP contribution in [0.3, 0.4) is 0 Å². The molecular weight excluding hydrogens is 254 g/mol. The van der Waals surface area contributed by atoms with Crippen molar-refractivity contribution in [2.24, 2.45) is 5.92 Å². The fourth-order valence-electron chi connectivity index (χ4n) is 2.16. The van der Waals surface area contributed by atoms with E-state index in [2.05, 4.69) is 0 Å². The van der Waals surface area contributed by atoms with Gasteiger partial charge in [-0.3, -0.25) is 4.79 Å². The first-order chi connectivity index (χ1) is 8.34. The van der Waals surface area contributed by atoms with E-state index >= 15 is 0 Å². The Bertz CT molecular complexity index is 378. The molecule has 1 aliphatic heterocycles. The Morgan fingerprint density at radius 3 is 2.56 bits per heavy atom. The molecule has 1 aliphatic rings. The molecule has 18 heavy (non-hydrogen) atoms. The van der Waals surface area contributed by atoms with Crippen LogP contribution >= 0.6 is 0 Å². The first-order valence-electron chi connectivity index (χ1n) is 6.57. The molecule has 0 saturated carbocycles. The first-order valence-corrected chi connectivity index (χ1v) is 8.18. The predicted molar refractivity (Wildman–Crippen MR) is 69.8 cm³/mol. The van der Waals surface area contributed by atoms with Crippen molar-refractivity contribution in [1.82, 2.24) is 4.31 Å². The summed E-state index contributed by atoms with van der Waals surface area (Å²) in [5.74, 6) is -0.672. The summed E-state index contributed by atoms with van der Waals surface area (Å²) in [5, 5.41) is 9.17. The van der Waals surface area contributed by atoms with E-state index in [9.17, 15) is 13.2 Å². The molecule has 0 amide bonds. The third-order valence-corrected chi connectivity index (χ3v) is 5.20. The summed E-state index contributed by atoms with van der Waals surface area (Å²) in [6.07, 6.45) is 3.44. The Labute approximate surface area is 109 Å². The van der Waals surface area contributed by atoms with Crippen molar-refractivity contribution >= 4 is 16.0 Å². The average molecular weight is 277 g/mol. The number of aliphatic carboxylic acids is 1. The molecule has 1 fully saturated rings. The lowest BCUT2D eigenvalue weighted by Gasteiger charge is -2.26. The van der Waals surface area contributed by atoms with Crippen LogP contribution in [0.25, 0.3) is 0 Å². The molecule has 0 bridgehead atoms. The van der Waals surface area contributed by atoms with Crippen LogP contribution < -0.4 is 0 Å². The van der Waals surface area contributed by atoms with Gasteiger partial charge < -0.3 is 5.11 Å². The molecule has 1 atom stereocenters. The maximum Gasteiger partial charge on any atom is 0.322 e. The topological polar surface area (TPSA) is 74.7 Å². The molecular formula is C12H23NO4S. The smallest absolute Gasteiger partial charge is 0.322 e. The van der Waals surface area contributed by atoms with Gasteiger partial charge in [0, 0.05) is 6.54 Å². The minimum Gasteiger partial charge on any atom is -0.480 e. The molecule has 0 aliphatic carbocycles. The zero-order chi connectivity index (χ0) is 13.8. The van der Waals surface area contributed by atoms with Gasteiger partial charge in [-0.1, -0.05) is 26.7 Å². The highest BCUT2D eigenvalue weighted by Gasteiger charge is 2.35. The van der Waals surface area contributed by atoms with Crippen LogP contribution in [0.5, 0.6) is 0 Å². The molecule has 0 aromatic carbocycles. The van der Waals surface area contributed by atoms with Crippen molar-refractivity contribution in [3.63, 3.8) is 0 Å². The van der Waals surface area contributed by atoms with Gasteiger partial charge in [0.05, 0.1) is 5.75 Å². The quantitative estimate of drug-likeness (QED) is 0.830. The predicted octanol–water partition coefficient (Wildman–Crippen LogP) is 1.69. The highest BCUT2D eigenvalue weighted by atomic mass is 32.2. The van der Waals surface area contributed by atoms with E-state index < -0.39 is 22.0 Å². The number of rotatable bonds is 5. The Morgan fingerprint density at radius 2 is 2.00 bits per heavy atom. The molecule has 1 saturated heterocycles. The van der Waals surface area contributed by atoms with Gasteiger partial charge in [-0.2, -0.15) is 4.31 Å². The van der Waals surface area contributed by atoms with E-state index in [0.717, 1.165) is 19.3 Å². The zero-order valence-corrected chi connectivity index (χ0v) is 11.9. The monoisotopic (exact) mass is 277 g/mol. The summed E-state index contributed by atoms with van der Waals surface area (Å²) in [6, 6.07) is -0.871. The van der Waals surface area contributed by atoms with Crippen LogP contribution in [0.4, 0.5) is 0 Å². The van der Waals surface area contributed by atoms with Crippen molar-refractivity contribution in [2.45, 2.75) is 52.0 Å². The lowest BCUT2D eigenvalue weighted by atomic mass is 10.1. The Balaban J connectivity index is 2.83. The summed E-state index contributed by atoms with van der Waals surface area (Å²) in [7, 11) is -3.44. The average Bonchev–Trinajstić information content (AvgIpc) is 2.52. The van der Waals surface area contributed by atoms with Crippen molar-refractivity contribution < 1.29 is 18.3 Å². The van der Waals surface area contributed by atoms with Crippen LogP contribution in [0.1, 0.15) is 46.0 Å². The fraction of sp³-hybridized carbons (Fsp3) is 0.917. The van der Waals surface area contributed by atoms with Gasteiger partial charge in [0.15, 0.2) is 0 Å². The normalized spacial score (nSPS) is 22.9. The van der Waals surface area contributed by atoms with Crippen molar-refractivity contribution in [1.29, 1.82) is 0 Å². The highest BCUT2D eigenvalue weighted by molar-refractivity contribution is 7.89. The van der Waals surface area contributed by atoms with Gasteiger partial charge in [0.1, 0.15) is 6.04 Å². The number of hydrogen-bond acceptors (Lipinski definition) is 3. The number of carboxylic acid groups (broad SMARTS) is 1. The largest absolute Gasteiger partial charge is 0.480 e. The highest BCUT2D eigenvalue weighted by Crippen LogP contribution is 2.21. The van der Waals surface area contributed by atoms with Gasteiger partial charge in [0.2, 0.25) is 10.0 Å². The number of nitrogens with zero attached hydrogens (tertiary/aromatic N) is 1. The molecule has 0 aromatic heterocycles. The second-order valence-electron chi connectivity index (χ2n) is 5.31. The molecule has 0 spiro atoms. The fourth-order valence-corrected chi connectivity index (χ4v) is 4.16. The standard InChI is InChI=1S/C12H23NO4S/c1-10(2)7-9-18(16,17)13-8-5-3-4-6-11(13)12(14)15/h10-11H,3-9H2,1-2H3,(H,14,15). The molecule has 5 nitrogen and oxygen atoms in total. The molecule has 1 rings (SSSR count). The summed E-state index contributed by atoms with van der Waals surface area (Å²) in [5.41, 5.74) is 0. The molecule has 0 radical (unpaired) electrons. The molecule has 1 unspecified atom stereocenters. The van der Waals surface area contributed by atoms with Crippen LogP contribution in [-0.2, 0) is 14.8 Å². The van der Waals surface area contributed by atoms with E-state index in [1.807, 2.05) is 13.8 Å². The van der Waals surface area contributed by atoms with Crippen LogP contribution in [0.15, 0.2) is 0 Å². The number of hydrogen-bond donors (Lipinski definition) is 1. The summed E-state index contributed by atoms with van der Waals surface area (Å²) in [6.45, 7) is 4.27. The van der Waals surface area contributed by atoms with Crippen molar-refractivity contribution in [3.05, 3.63) is 0 Å². The summed E-state index contributed by atoms with van der Waals surface area (Å²) >= 11 is 0. The van der Waals surface area contributed by atoms with Gasteiger partial charge >= 0.3 is 5.97 Å². The maximum absolute atomic E-state index is 12.2. The van der Waals surface area contributed by atoms with Crippen LogP contribution in [-0.4, -0.2) is 42.1 Å². The van der Waals surface area contributed by atoms with E-state index in [4.69, 9.17) is 5.11 Å². The molecule has 1 heterocycles. The number of carboxylic acids is 1. The Kier molecular flexibility index (Phi) is 5.59. The minimum absolute atomic E-state index is 0.0500. The van der Waals surface area contributed by atoms with Crippen molar-refractivity contribution in [2.75, 3.05) is 12.3 Å². The summed E-state index contributed by atoms with van der Waals surface area (Å²) < 4.78 is 25.7. The second kappa shape index (κ2) is 6.52. The van der Waals surface area contributed by atoms with Crippen LogP contribution in [0.2, 0.25) is 0 Å². The van der Waals surface area contributed by atoms with Gasteiger partial charge in [-0.05, 0) is 25.2 Å². The van der Waals surface area contributed by atoms with Gasteiger partial charge in [-0.15, -0.1) is 0 Å². The van der Waals surface area contributed by atoms with Gasteiger partial charge in [0.25, 0.3) is 0 Å². The molecule has 106 valence electrons. The Hall–Kier alpha value is -0.620. The molecule has 1 N–H and O–H groups in total. The summed E-state index contributed by atoms with van der Waals surface area (Å²) in [4.78, 5) is 11.2. The number of sulfonamides is 1. The SMILES string of the molecule is CC(C)CCS(=O)(=O)N1CCCCCC1C(=O)O. The zero-order valence-electron chi connectivity index (χ0n) is 11.1. The molecule has 6 heteroatoms. The van der Waals surface area contributed by atoms with E-state index in [1.54, 1.807) is 0 Å². The second-order valence-corrected chi connectivity index (χ2v) is 7.35. The van der Waals surface area contributed by atoms with Gasteiger partial charge in [-0.25, -0.2) is 8.42 Å². The lowest BCUT2D eigenvalue weighted by Crippen LogP contribution is -2.45. The van der Waals surface area contributed by atoms with Crippen LogP contribution in [0, 0.1) is 5.92 Å². The van der Waals surface area contributed by atoms with E-state index in [0.29, 0.717) is 25.3 Å². The minimum atomic E-state index is -3.44. The number of carbonyl (C=O) groups is 1. The van der Waals surface area contributed by atoms with E-state index in [-0.39, 0.29) is 5.75 Å². The lowest BCUT2D eigenvalue weighted by molar-refractivity contribution is -0.141. The third-order valence-electron chi connectivity index (χ3n) is 3.30. The molecule has 0 aromatic rings. The maximum atomic E-state index is 12.2. The van der Waals surface area contributed by atoms with E-state index in [1.165, 1.54) is 4.31 Å². The van der Waals surface area contributed by atoms with Crippen molar-refractivity contribution in [3.8, 4) is 0 Å². The first kappa shape index (κ1) is 15.4.